The third kappa shape index (κ3) is 3.96. The predicted octanol–water partition coefficient (Wildman–Crippen LogP) is 3.19. The molecule has 0 radical (unpaired) electrons. The Hall–Kier alpha value is -0.610. The molecule has 1 aromatic rings. The van der Waals surface area contributed by atoms with E-state index in [-0.39, 0.29) is 0 Å². The van der Waals surface area contributed by atoms with E-state index in [1.807, 2.05) is 6.20 Å². The van der Waals surface area contributed by atoms with Crippen LogP contribution in [0.15, 0.2) is 16.7 Å². The van der Waals surface area contributed by atoms with E-state index in [2.05, 4.69) is 64.9 Å². The van der Waals surface area contributed by atoms with Crippen molar-refractivity contribution in [1.29, 1.82) is 0 Å². The topological polar surface area (TPSA) is 28.2 Å². The summed E-state index contributed by atoms with van der Waals surface area (Å²) in [4.78, 5) is 6.88. The molecular weight excluding hydrogens is 278 g/mol. The zero-order valence-electron chi connectivity index (χ0n) is 11.1. The van der Waals surface area contributed by atoms with Crippen LogP contribution in [0.25, 0.3) is 0 Å². The van der Waals surface area contributed by atoms with Gasteiger partial charge in [-0.2, -0.15) is 0 Å². The van der Waals surface area contributed by atoms with Crippen molar-refractivity contribution in [3.05, 3.63) is 22.3 Å². The third-order valence-corrected chi connectivity index (χ3v) is 3.14. The molecule has 0 aliphatic carbocycles. The molecule has 1 heterocycles. The van der Waals surface area contributed by atoms with Crippen LogP contribution >= 0.6 is 15.9 Å². The zero-order chi connectivity index (χ0) is 12.8. The van der Waals surface area contributed by atoms with Crippen molar-refractivity contribution < 1.29 is 0 Å². The summed E-state index contributed by atoms with van der Waals surface area (Å²) in [6.45, 7) is 11.5. The van der Waals surface area contributed by atoms with Gasteiger partial charge >= 0.3 is 0 Å². The molecule has 0 amide bonds. The van der Waals surface area contributed by atoms with Crippen LogP contribution in [-0.2, 0) is 6.54 Å². The lowest BCUT2D eigenvalue weighted by Crippen LogP contribution is -2.32. The van der Waals surface area contributed by atoms with Gasteiger partial charge in [0.05, 0.1) is 0 Å². The summed E-state index contributed by atoms with van der Waals surface area (Å²) in [6.07, 6.45) is 1.87. The Balaban J connectivity index is 3.03. The van der Waals surface area contributed by atoms with E-state index in [9.17, 15) is 0 Å². The average Bonchev–Trinajstić information content (AvgIpc) is 2.29. The first-order valence-corrected chi connectivity index (χ1v) is 7.01. The average molecular weight is 300 g/mol. The Bertz CT molecular complexity index is 353. The summed E-state index contributed by atoms with van der Waals surface area (Å²) in [5.41, 5.74) is 1.25. The van der Waals surface area contributed by atoms with Gasteiger partial charge in [-0.3, -0.25) is 0 Å². The Labute approximate surface area is 113 Å². The SMILES string of the molecule is CCNCc1cc(Br)cnc1N(CC)C(C)C. The molecule has 0 unspecified atom stereocenters. The van der Waals surface area contributed by atoms with Crippen LogP contribution in [0.1, 0.15) is 33.3 Å². The Morgan fingerprint density at radius 2 is 2.12 bits per heavy atom. The second-order valence-corrected chi connectivity index (χ2v) is 5.21. The molecule has 0 atom stereocenters. The highest BCUT2D eigenvalue weighted by molar-refractivity contribution is 9.10. The molecule has 1 aromatic heterocycles. The predicted molar refractivity (Wildman–Crippen MR) is 77.5 cm³/mol. The Morgan fingerprint density at radius 3 is 2.65 bits per heavy atom. The van der Waals surface area contributed by atoms with E-state index in [4.69, 9.17) is 0 Å². The lowest BCUT2D eigenvalue weighted by atomic mass is 10.2. The van der Waals surface area contributed by atoms with E-state index in [0.29, 0.717) is 6.04 Å². The van der Waals surface area contributed by atoms with Crippen LogP contribution in [-0.4, -0.2) is 24.1 Å². The van der Waals surface area contributed by atoms with E-state index in [1.54, 1.807) is 0 Å². The number of hydrogen-bond acceptors (Lipinski definition) is 3. The molecule has 0 bridgehead atoms. The second-order valence-electron chi connectivity index (χ2n) is 4.30. The maximum Gasteiger partial charge on any atom is 0.133 e. The first-order valence-electron chi connectivity index (χ1n) is 6.21. The van der Waals surface area contributed by atoms with Crippen LogP contribution in [0.5, 0.6) is 0 Å². The van der Waals surface area contributed by atoms with E-state index in [0.717, 1.165) is 29.9 Å². The molecule has 0 saturated heterocycles. The summed E-state index contributed by atoms with van der Waals surface area (Å²) < 4.78 is 1.04. The number of halogens is 1. The molecule has 0 aliphatic rings. The zero-order valence-corrected chi connectivity index (χ0v) is 12.7. The minimum absolute atomic E-state index is 0.467. The summed E-state index contributed by atoms with van der Waals surface area (Å²) in [6, 6.07) is 2.62. The number of nitrogens with zero attached hydrogens (tertiary/aromatic N) is 2. The van der Waals surface area contributed by atoms with Gasteiger partial charge in [0.25, 0.3) is 0 Å². The highest BCUT2D eigenvalue weighted by Crippen LogP contribution is 2.23. The van der Waals surface area contributed by atoms with Gasteiger partial charge in [0.15, 0.2) is 0 Å². The minimum atomic E-state index is 0.467. The number of anilines is 1. The Kier molecular flexibility index (Phi) is 5.92. The van der Waals surface area contributed by atoms with E-state index >= 15 is 0 Å². The lowest BCUT2D eigenvalue weighted by molar-refractivity contribution is 0.672. The molecule has 1 rings (SSSR count). The highest BCUT2D eigenvalue weighted by Gasteiger charge is 2.14. The van der Waals surface area contributed by atoms with Crippen molar-refractivity contribution in [2.45, 2.75) is 40.3 Å². The molecule has 17 heavy (non-hydrogen) atoms. The van der Waals surface area contributed by atoms with Gasteiger partial charge in [0.1, 0.15) is 5.82 Å². The van der Waals surface area contributed by atoms with Gasteiger partial charge < -0.3 is 10.2 Å². The van der Waals surface area contributed by atoms with Crippen LogP contribution in [0.3, 0.4) is 0 Å². The standard InChI is InChI=1S/C13H22BrN3/c1-5-15-8-11-7-12(14)9-16-13(11)17(6-2)10(3)4/h7,9-10,15H,5-6,8H2,1-4H3. The molecule has 4 heteroatoms. The first-order chi connectivity index (χ1) is 8.10. The van der Waals surface area contributed by atoms with Gasteiger partial charge in [0.2, 0.25) is 0 Å². The maximum absolute atomic E-state index is 4.56. The van der Waals surface area contributed by atoms with Crippen molar-refractivity contribution in [1.82, 2.24) is 10.3 Å². The number of rotatable bonds is 6. The van der Waals surface area contributed by atoms with Gasteiger partial charge in [0, 0.05) is 35.4 Å². The largest absolute Gasteiger partial charge is 0.354 e. The summed E-state index contributed by atoms with van der Waals surface area (Å²) in [5, 5.41) is 3.36. The molecule has 1 N–H and O–H groups in total. The van der Waals surface area contributed by atoms with Crippen molar-refractivity contribution in [2.24, 2.45) is 0 Å². The Morgan fingerprint density at radius 1 is 1.41 bits per heavy atom. The maximum atomic E-state index is 4.56. The third-order valence-electron chi connectivity index (χ3n) is 2.71. The quantitative estimate of drug-likeness (QED) is 0.874. The van der Waals surface area contributed by atoms with Gasteiger partial charge in [-0.05, 0) is 49.3 Å². The second kappa shape index (κ2) is 6.97. The molecule has 96 valence electrons. The van der Waals surface area contributed by atoms with Gasteiger partial charge in [-0.1, -0.05) is 6.92 Å². The van der Waals surface area contributed by atoms with Crippen LogP contribution in [0, 0.1) is 0 Å². The fourth-order valence-electron chi connectivity index (χ4n) is 1.88. The van der Waals surface area contributed by atoms with Crippen molar-refractivity contribution in [3.63, 3.8) is 0 Å². The summed E-state index contributed by atoms with van der Waals surface area (Å²) in [7, 11) is 0. The molecule has 0 aromatic carbocycles. The number of nitrogens with one attached hydrogen (secondary N) is 1. The number of pyridine rings is 1. The number of aromatic nitrogens is 1. The van der Waals surface area contributed by atoms with Crippen molar-refractivity contribution in [2.75, 3.05) is 18.0 Å². The van der Waals surface area contributed by atoms with Crippen molar-refractivity contribution >= 4 is 21.7 Å². The van der Waals surface area contributed by atoms with Crippen LogP contribution in [0.4, 0.5) is 5.82 Å². The first kappa shape index (κ1) is 14.5. The van der Waals surface area contributed by atoms with Crippen LogP contribution < -0.4 is 10.2 Å². The van der Waals surface area contributed by atoms with Gasteiger partial charge in [-0.25, -0.2) is 4.98 Å². The lowest BCUT2D eigenvalue weighted by Gasteiger charge is -2.28. The summed E-state index contributed by atoms with van der Waals surface area (Å²) >= 11 is 3.49. The molecule has 0 aliphatic heterocycles. The number of hydrogen-bond donors (Lipinski definition) is 1. The van der Waals surface area contributed by atoms with E-state index in [1.165, 1.54) is 5.56 Å². The summed E-state index contributed by atoms with van der Waals surface area (Å²) in [5.74, 6) is 1.09. The molecular formula is C13H22BrN3. The smallest absolute Gasteiger partial charge is 0.133 e. The van der Waals surface area contributed by atoms with Crippen LogP contribution in [0.2, 0.25) is 0 Å². The fourth-order valence-corrected chi connectivity index (χ4v) is 2.26. The van der Waals surface area contributed by atoms with E-state index < -0.39 is 0 Å². The fraction of sp³-hybridized carbons (Fsp3) is 0.615. The monoisotopic (exact) mass is 299 g/mol. The molecule has 0 fully saturated rings. The minimum Gasteiger partial charge on any atom is -0.354 e. The molecule has 3 nitrogen and oxygen atoms in total. The highest BCUT2D eigenvalue weighted by atomic mass is 79.9. The molecule has 0 saturated carbocycles. The molecule has 0 spiro atoms. The van der Waals surface area contributed by atoms with Gasteiger partial charge in [-0.15, -0.1) is 0 Å². The van der Waals surface area contributed by atoms with Crippen molar-refractivity contribution in [3.8, 4) is 0 Å². The normalized spacial score (nSPS) is 10.9.